The summed E-state index contributed by atoms with van der Waals surface area (Å²) in [4.78, 5) is 0. The third kappa shape index (κ3) is 105. The number of hydrogen-bond acceptors (Lipinski definition) is 0. The molecule has 0 aliphatic heterocycles. The standard InChI is InChI=1S/3C4H11N.3FH/c3*1-2-3-4-5;;;/h3*2-5H2,1H3;3*1H. The zero-order valence-corrected chi connectivity index (χ0v) is 12.6. The van der Waals surface area contributed by atoms with Gasteiger partial charge in [0, 0.05) is 0 Å². The van der Waals surface area contributed by atoms with Crippen LogP contribution in [-0.4, -0.2) is 19.6 Å². The van der Waals surface area contributed by atoms with Gasteiger partial charge in [-0.3, -0.25) is 0 Å². The molecule has 6 heteroatoms. The highest BCUT2D eigenvalue weighted by Gasteiger charge is 1.72. The molecule has 0 spiro atoms. The number of quaternary nitrogens is 3. The quantitative estimate of drug-likeness (QED) is 0.432. The lowest BCUT2D eigenvalue weighted by Crippen LogP contribution is -3.00. The molecule has 0 saturated carbocycles. The number of rotatable bonds is 6. The zero-order valence-electron chi connectivity index (χ0n) is 12.6. The molecular formula is C12H36F3N3. The van der Waals surface area contributed by atoms with Crippen molar-refractivity contribution in [2.45, 2.75) is 59.3 Å². The van der Waals surface area contributed by atoms with Crippen LogP contribution in [0.3, 0.4) is 0 Å². The Morgan fingerprint density at radius 1 is 0.500 bits per heavy atom. The van der Waals surface area contributed by atoms with Crippen LogP contribution in [0.5, 0.6) is 0 Å². The van der Waals surface area contributed by atoms with Crippen molar-refractivity contribution >= 4 is 0 Å². The molecule has 0 aromatic heterocycles. The molecule has 0 rings (SSSR count). The average Bonchev–Trinajstić information content (AvgIpc) is 2.23. The van der Waals surface area contributed by atoms with E-state index in [-0.39, 0.29) is 14.1 Å². The molecule has 120 valence electrons. The van der Waals surface area contributed by atoms with E-state index in [2.05, 4.69) is 38.0 Å². The van der Waals surface area contributed by atoms with Gasteiger partial charge in [0.05, 0.1) is 19.6 Å². The number of hydrogen-bond donors (Lipinski definition) is 3. The smallest absolute Gasteiger partial charge is 0.0739 e. The maximum atomic E-state index is 3.68. The molecule has 3 nitrogen and oxygen atoms in total. The fourth-order valence-electron chi connectivity index (χ4n) is 0.750. The minimum atomic E-state index is 0. The first-order valence-corrected chi connectivity index (χ1v) is 6.62. The summed E-state index contributed by atoms with van der Waals surface area (Å²) in [5, 5.41) is 0. The van der Waals surface area contributed by atoms with Crippen LogP contribution < -0.4 is 31.3 Å². The number of unbranched alkanes of at least 4 members (excludes halogenated alkanes) is 3. The summed E-state index contributed by atoms with van der Waals surface area (Å²) in [6.07, 6.45) is 7.68. The Bertz CT molecular complexity index is 59.3. The molecule has 0 heterocycles. The Morgan fingerprint density at radius 2 is 0.667 bits per heavy atom. The highest BCUT2D eigenvalue weighted by atomic mass is 19.0. The molecule has 0 aliphatic carbocycles. The van der Waals surface area contributed by atoms with Crippen molar-refractivity contribution in [2.24, 2.45) is 0 Å². The summed E-state index contributed by atoms with van der Waals surface area (Å²) in [7, 11) is 0. The Labute approximate surface area is 111 Å². The van der Waals surface area contributed by atoms with E-state index in [1.807, 2.05) is 0 Å². The maximum Gasteiger partial charge on any atom is 0.0739 e. The van der Waals surface area contributed by atoms with E-state index in [1.54, 1.807) is 0 Å². The minimum absolute atomic E-state index is 0. The van der Waals surface area contributed by atoms with Gasteiger partial charge in [0.25, 0.3) is 0 Å². The molecule has 0 radical (unpaired) electrons. The summed E-state index contributed by atoms with van der Waals surface area (Å²) in [6, 6.07) is 0. The summed E-state index contributed by atoms with van der Waals surface area (Å²) < 4.78 is 0. The third-order valence-corrected chi connectivity index (χ3v) is 1.81. The maximum absolute atomic E-state index is 3.68. The van der Waals surface area contributed by atoms with Crippen molar-refractivity contribution in [3.8, 4) is 0 Å². The summed E-state index contributed by atoms with van der Waals surface area (Å²) in [5.74, 6) is 0. The van der Waals surface area contributed by atoms with Gasteiger partial charge in [-0.1, -0.05) is 40.0 Å². The minimum Gasteiger partial charge on any atom is -1.00 e. The van der Waals surface area contributed by atoms with Crippen molar-refractivity contribution < 1.29 is 31.3 Å². The highest BCUT2D eigenvalue weighted by Crippen LogP contribution is 1.76. The molecule has 0 bridgehead atoms. The molecule has 9 N–H and O–H groups in total. The summed E-state index contributed by atoms with van der Waals surface area (Å²) >= 11 is 0. The van der Waals surface area contributed by atoms with Crippen LogP contribution in [0, 0.1) is 0 Å². The Balaban J connectivity index is -0.0000000277. The van der Waals surface area contributed by atoms with E-state index in [1.165, 1.54) is 38.5 Å². The van der Waals surface area contributed by atoms with Gasteiger partial charge in [-0.15, -0.1) is 0 Å². The van der Waals surface area contributed by atoms with Gasteiger partial charge in [0.1, 0.15) is 0 Å². The molecule has 0 aromatic rings. The predicted molar refractivity (Wildman–Crippen MR) is 68.0 cm³/mol. The first-order valence-electron chi connectivity index (χ1n) is 6.62. The monoisotopic (exact) mass is 279 g/mol. The van der Waals surface area contributed by atoms with E-state index in [4.69, 9.17) is 0 Å². The summed E-state index contributed by atoms with van der Waals surface area (Å²) in [6.45, 7) is 9.80. The fraction of sp³-hybridized carbons (Fsp3) is 1.00. The second-order valence-corrected chi connectivity index (χ2v) is 3.62. The first-order chi connectivity index (χ1) is 7.24. The van der Waals surface area contributed by atoms with Crippen LogP contribution in [-0.2, 0) is 0 Å². The van der Waals surface area contributed by atoms with E-state index in [9.17, 15) is 0 Å². The van der Waals surface area contributed by atoms with Gasteiger partial charge in [-0.25, -0.2) is 0 Å². The van der Waals surface area contributed by atoms with E-state index >= 15 is 0 Å². The average molecular weight is 279 g/mol. The fourth-order valence-corrected chi connectivity index (χ4v) is 0.750. The van der Waals surface area contributed by atoms with Gasteiger partial charge in [0.2, 0.25) is 0 Å². The van der Waals surface area contributed by atoms with Crippen molar-refractivity contribution in [3.63, 3.8) is 0 Å². The zero-order chi connectivity index (χ0) is 12.4. The van der Waals surface area contributed by atoms with Gasteiger partial charge >= 0.3 is 0 Å². The normalized spacial score (nSPS) is 7.00. The molecule has 0 atom stereocenters. The molecule has 0 saturated heterocycles. The van der Waals surface area contributed by atoms with Crippen LogP contribution in [0.25, 0.3) is 0 Å². The van der Waals surface area contributed by atoms with Crippen LogP contribution in [0.1, 0.15) is 59.3 Å². The lowest BCUT2D eigenvalue weighted by molar-refractivity contribution is -0.368. The molecule has 0 unspecified atom stereocenters. The van der Waals surface area contributed by atoms with E-state index < -0.39 is 0 Å². The number of halogens is 3. The first kappa shape index (κ1) is 36.1. The lowest BCUT2D eigenvalue weighted by atomic mass is 10.3. The molecule has 0 aliphatic rings. The largest absolute Gasteiger partial charge is 1.00 e. The second kappa shape index (κ2) is 54.5. The Morgan fingerprint density at radius 3 is 0.667 bits per heavy atom. The predicted octanol–water partition coefficient (Wildman–Crippen LogP) is -8.90. The van der Waals surface area contributed by atoms with Gasteiger partial charge in [0.15, 0.2) is 0 Å². The van der Waals surface area contributed by atoms with E-state index in [0.29, 0.717) is 0 Å². The van der Waals surface area contributed by atoms with Crippen LogP contribution in [0.2, 0.25) is 0 Å². The van der Waals surface area contributed by atoms with Gasteiger partial charge in [-0.05, 0) is 19.3 Å². The van der Waals surface area contributed by atoms with E-state index in [0.717, 1.165) is 19.6 Å². The van der Waals surface area contributed by atoms with Crippen LogP contribution in [0.4, 0.5) is 0 Å². The lowest BCUT2D eigenvalue weighted by Gasteiger charge is -1.77. The highest BCUT2D eigenvalue weighted by molar-refractivity contribution is 4.22. The van der Waals surface area contributed by atoms with Gasteiger partial charge < -0.3 is 31.3 Å². The van der Waals surface area contributed by atoms with Crippen LogP contribution >= 0.6 is 0 Å². The molecule has 0 amide bonds. The van der Waals surface area contributed by atoms with Gasteiger partial charge in [-0.2, -0.15) is 0 Å². The van der Waals surface area contributed by atoms with Crippen LogP contribution in [0.15, 0.2) is 0 Å². The molecule has 18 heavy (non-hydrogen) atoms. The topological polar surface area (TPSA) is 82.9 Å². The Hall–Kier alpha value is -0.330. The summed E-state index contributed by atoms with van der Waals surface area (Å²) in [5.41, 5.74) is 11.0. The van der Waals surface area contributed by atoms with Crippen molar-refractivity contribution in [2.75, 3.05) is 19.6 Å². The SMILES string of the molecule is CCCC[NH3+].CCCC[NH3+].CCCC[NH3+].[F-].[F-].[F-]. The second-order valence-electron chi connectivity index (χ2n) is 3.62. The van der Waals surface area contributed by atoms with Crippen molar-refractivity contribution in [1.29, 1.82) is 0 Å². The van der Waals surface area contributed by atoms with Crippen molar-refractivity contribution in [3.05, 3.63) is 0 Å². The van der Waals surface area contributed by atoms with Crippen molar-refractivity contribution in [1.82, 2.24) is 0 Å². The third-order valence-electron chi connectivity index (χ3n) is 1.81. The molecule has 0 fully saturated rings. The molecule has 0 aromatic carbocycles. The molecular weight excluding hydrogens is 243 g/mol. The Kier molecular flexibility index (Phi) is 109.